The number of halogens is 2. The zero-order valence-electron chi connectivity index (χ0n) is 7.59. The molecule has 2 N–H and O–H groups in total. The van der Waals surface area contributed by atoms with Gasteiger partial charge in [-0.1, -0.05) is 0 Å². The summed E-state index contributed by atoms with van der Waals surface area (Å²) in [5, 5.41) is 8.55. The molecule has 0 fully saturated rings. The van der Waals surface area contributed by atoms with Gasteiger partial charge >= 0.3 is 11.7 Å². The number of carboxylic acids is 1. The van der Waals surface area contributed by atoms with E-state index in [1.54, 1.807) is 0 Å². The number of aromatic carboxylic acids is 1. The molecule has 0 atom stereocenters. The lowest BCUT2D eigenvalue weighted by atomic mass is 10.3. The molecule has 16 heavy (non-hydrogen) atoms. The second-order valence-corrected chi connectivity index (χ2v) is 4.33. The maximum Gasteiger partial charge on any atom is 0.355 e. The minimum absolute atomic E-state index is 0.311. The zero-order valence-corrected chi connectivity index (χ0v) is 8.41. The summed E-state index contributed by atoms with van der Waals surface area (Å²) in [6, 6.07) is 0.884. The van der Waals surface area contributed by atoms with Gasteiger partial charge in [-0.3, -0.25) is 9.71 Å². The van der Waals surface area contributed by atoms with E-state index in [0.29, 0.717) is 0 Å². The van der Waals surface area contributed by atoms with Gasteiger partial charge < -0.3 is 5.11 Å². The molecule has 1 rings (SSSR count). The van der Waals surface area contributed by atoms with Crippen LogP contribution < -0.4 is 4.72 Å². The van der Waals surface area contributed by atoms with Crippen LogP contribution in [0.25, 0.3) is 0 Å². The minimum atomic E-state index is -4.81. The molecule has 88 valence electrons. The van der Waals surface area contributed by atoms with Crippen molar-refractivity contribution < 1.29 is 27.1 Å². The summed E-state index contributed by atoms with van der Waals surface area (Å²) in [6.45, 7) is 0. The van der Waals surface area contributed by atoms with Gasteiger partial charge in [-0.05, 0) is 6.07 Å². The van der Waals surface area contributed by atoms with Gasteiger partial charge in [-0.25, -0.2) is 13.2 Å². The lowest BCUT2D eigenvalue weighted by Gasteiger charge is -2.06. The topological polar surface area (TPSA) is 96.4 Å². The first-order valence-electron chi connectivity index (χ1n) is 3.81. The number of carboxylic acid groups (broad SMARTS) is 1. The monoisotopic (exact) mass is 252 g/mol. The molecule has 0 spiro atoms. The summed E-state index contributed by atoms with van der Waals surface area (Å²) in [6.07, 6.45) is 1.88. The molecule has 6 nitrogen and oxygen atoms in total. The highest BCUT2D eigenvalue weighted by atomic mass is 32.2. The Morgan fingerprint density at radius 1 is 1.44 bits per heavy atom. The summed E-state index contributed by atoms with van der Waals surface area (Å²) >= 11 is 0. The molecule has 0 aliphatic heterocycles. The van der Waals surface area contributed by atoms with Crippen molar-refractivity contribution in [2.75, 3.05) is 4.72 Å². The summed E-state index contributed by atoms with van der Waals surface area (Å²) in [7, 11) is -4.81. The number of nitrogens with one attached hydrogen (secondary N) is 1. The molecule has 0 aliphatic carbocycles. The molecule has 0 aromatic carbocycles. The van der Waals surface area contributed by atoms with Crippen molar-refractivity contribution in [2.45, 2.75) is 5.76 Å². The lowest BCUT2D eigenvalue weighted by Crippen LogP contribution is -2.20. The quantitative estimate of drug-likeness (QED) is 0.824. The van der Waals surface area contributed by atoms with Crippen molar-refractivity contribution in [3.8, 4) is 0 Å². The predicted molar refractivity (Wildman–Crippen MR) is 49.7 cm³/mol. The van der Waals surface area contributed by atoms with Gasteiger partial charge in [0.1, 0.15) is 0 Å². The number of sulfonamides is 1. The molecule has 1 heterocycles. The van der Waals surface area contributed by atoms with Gasteiger partial charge in [0.25, 0.3) is 10.0 Å². The zero-order chi connectivity index (χ0) is 12.3. The smallest absolute Gasteiger partial charge is 0.355 e. The summed E-state index contributed by atoms with van der Waals surface area (Å²) < 4.78 is 46.9. The normalized spacial score (nSPS) is 11.4. The standard InChI is InChI=1S/C7H6F2N2O4S/c8-7(9)16(14,15)11-5-1-4(6(12)13)2-10-3-5/h1-3,7,11H,(H,12,13). The second kappa shape index (κ2) is 4.39. The first-order valence-corrected chi connectivity index (χ1v) is 5.35. The SMILES string of the molecule is O=C(O)c1cncc(NS(=O)(=O)C(F)F)c1. The lowest BCUT2D eigenvalue weighted by molar-refractivity contribution is 0.0696. The van der Waals surface area contributed by atoms with Crippen LogP contribution in [0.1, 0.15) is 10.4 Å². The molecule has 0 saturated heterocycles. The fourth-order valence-corrected chi connectivity index (χ4v) is 1.35. The average Bonchev–Trinajstić information content (AvgIpc) is 2.17. The number of hydrogen-bond acceptors (Lipinski definition) is 4. The van der Waals surface area contributed by atoms with E-state index in [2.05, 4.69) is 4.98 Å². The number of pyridine rings is 1. The Kier molecular flexibility index (Phi) is 3.38. The third-order valence-electron chi connectivity index (χ3n) is 1.48. The fraction of sp³-hybridized carbons (Fsp3) is 0.143. The minimum Gasteiger partial charge on any atom is -0.478 e. The van der Waals surface area contributed by atoms with Crippen LogP contribution in [-0.4, -0.2) is 30.2 Å². The molecular formula is C7H6F2N2O4S. The predicted octanol–water partition coefficient (Wildman–Crippen LogP) is 0.744. The Labute approximate surface area is 89.0 Å². The third-order valence-corrected chi connectivity index (χ3v) is 2.47. The van der Waals surface area contributed by atoms with E-state index < -0.39 is 21.8 Å². The van der Waals surface area contributed by atoms with E-state index >= 15 is 0 Å². The summed E-state index contributed by atoms with van der Waals surface area (Å²) in [5.41, 5.74) is -0.644. The van der Waals surface area contributed by atoms with Gasteiger partial charge in [-0.15, -0.1) is 0 Å². The van der Waals surface area contributed by atoms with E-state index in [1.807, 2.05) is 0 Å². The largest absolute Gasteiger partial charge is 0.478 e. The number of nitrogens with zero attached hydrogens (tertiary/aromatic N) is 1. The van der Waals surface area contributed by atoms with Crippen LogP contribution in [0.4, 0.5) is 14.5 Å². The molecule has 1 aromatic rings. The number of alkyl halides is 2. The summed E-state index contributed by atoms with van der Waals surface area (Å²) in [4.78, 5) is 13.9. The molecule has 0 bridgehead atoms. The molecule has 0 aliphatic rings. The highest BCUT2D eigenvalue weighted by Gasteiger charge is 2.24. The van der Waals surface area contributed by atoms with Crippen molar-refractivity contribution in [1.29, 1.82) is 0 Å². The van der Waals surface area contributed by atoms with Crippen molar-refractivity contribution in [2.24, 2.45) is 0 Å². The van der Waals surface area contributed by atoms with E-state index in [4.69, 9.17) is 5.11 Å². The Morgan fingerprint density at radius 2 is 2.06 bits per heavy atom. The number of anilines is 1. The molecule has 0 unspecified atom stereocenters. The van der Waals surface area contributed by atoms with Crippen LogP contribution in [-0.2, 0) is 10.0 Å². The van der Waals surface area contributed by atoms with Crippen molar-refractivity contribution in [1.82, 2.24) is 4.98 Å². The van der Waals surface area contributed by atoms with Crippen LogP contribution in [0.2, 0.25) is 0 Å². The molecule has 0 amide bonds. The second-order valence-electron chi connectivity index (χ2n) is 2.68. The average molecular weight is 252 g/mol. The van der Waals surface area contributed by atoms with Crippen LogP contribution in [0.3, 0.4) is 0 Å². The van der Waals surface area contributed by atoms with E-state index in [1.165, 1.54) is 4.72 Å². The Hall–Kier alpha value is -1.77. The fourth-order valence-electron chi connectivity index (χ4n) is 0.822. The first kappa shape index (κ1) is 12.3. The molecule has 0 saturated carbocycles. The van der Waals surface area contributed by atoms with Gasteiger partial charge in [-0.2, -0.15) is 8.78 Å². The Balaban J connectivity index is 2.99. The maximum absolute atomic E-state index is 12.0. The highest BCUT2D eigenvalue weighted by molar-refractivity contribution is 7.93. The Bertz CT molecular complexity index is 503. The number of rotatable bonds is 4. The van der Waals surface area contributed by atoms with Crippen molar-refractivity contribution >= 4 is 21.7 Å². The molecular weight excluding hydrogens is 246 g/mol. The van der Waals surface area contributed by atoms with Crippen molar-refractivity contribution in [3.05, 3.63) is 24.0 Å². The van der Waals surface area contributed by atoms with Gasteiger partial charge in [0.2, 0.25) is 0 Å². The van der Waals surface area contributed by atoms with E-state index in [9.17, 15) is 22.0 Å². The number of aromatic nitrogens is 1. The van der Waals surface area contributed by atoms with Crippen LogP contribution >= 0.6 is 0 Å². The van der Waals surface area contributed by atoms with Gasteiger partial charge in [0, 0.05) is 6.20 Å². The van der Waals surface area contributed by atoms with Crippen molar-refractivity contribution in [3.63, 3.8) is 0 Å². The highest BCUT2D eigenvalue weighted by Crippen LogP contribution is 2.13. The Morgan fingerprint density at radius 3 is 2.56 bits per heavy atom. The van der Waals surface area contributed by atoms with Crippen LogP contribution in [0, 0.1) is 0 Å². The van der Waals surface area contributed by atoms with Crippen LogP contribution in [0.15, 0.2) is 18.5 Å². The molecule has 1 aromatic heterocycles. The van der Waals surface area contributed by atoms with Gasteiger partial charge in [0.15, 0.2) is 0 Å². The first-order chi connectivity index (χ1) is 7.33. The number of carbonyl (C=O) groups is 1. The van der Waals surface area contributed by atoms with Gasteiger partial charge in [0.05, 0.1) is 17.4 Å². The van der Waals surface area contributed by atoms with E-state index in [-0.39, 0.29) is 11.3 Å². The molecule has 9 heteroatoms. The third kappa shape index (κ3) is 2.86. The van der Waals surface area contributed by atoms with Crippen LogP contribution in [0.5, 0.6) is 0 Å². The van der Waals surface area contributed by atoms with E-state index in [0.717, 1.165) is 18.5 Å². The molecule has 0 radical (unpaired) electrons. The number of hydrogen-bond donors (Lipinski definition) is 2. The summed E-state index contributed by atoms with van der Waals surface area (Å²) in [5.74, 6) is -4.94. The maximum atomic E-state index is 12.0.